The lowest BCUT2D eigenvalue weighted by molar-refractivity contribution is 0.758. The van der Waals surface area contributed by atoms with E-state index in [0.29, 0.717) is 0 Å². The predicted molar refractivity (Wildman–Crippen MR) is 60.3 cm³/mol. The fourth-order valence-electron chi connectivity index (χ4n) is 1.36. The first-order valence-corrected chi connectivity index (χ1v) is 4.98. The summed E-state index contributed by atoms with van der Waals surface area (Å²) in [5.74, 6) is 0. The Morgan fingerprint density at radius 3 is 3.27 bits per heavy atom. The summed E-state index contributed by atoms with van der Waals surface area (Å²) < 4.78 is 1.80. The van der Waals surface area contributed by atoms with Gasteiger partial charge in [0.25, 0.3) is 0 Å². The molecule has 15 heavy (non-hydrogen) atoms. The van der Waals surface area contributed by atoms with Crippen LogP contribution >= 0.6 is 0 Å². The van der Waals surface area contributed by atoms with Gasteiger partial charge in [-0.3, -0.25) is 0 Å². The molecule has 1 atom stereocenters. The standard InChI is InChI=1S/C11H14N4/c1-9(12)4-2-5-10-8-13-11-6-3-7-14-15(10)11/h2-3,5-9H,4,12H2,1H3/b5-2+/t9-/m0/s1. The van der Waals surface area contributed by atoms with E-state index >= 15 is 0 Å². The van der Waals surface area contributed by atoms with Crippen LogP contribution in [-0.4, -0.2) is 20.6 Å². The molecule has 0 bridgehead atoms. The molecule has 0 amide bonds. The van der Waals surface area contributed by atoms with E-state index in [4.69, 9.17) is 5.73 Å². The van der Waals surface area contributed by atoms with Crippen molar-refractivity contribution >= 4 is 11.7 Å². The molecule has 0 aromatic carbocycles. The number of hydrogen-bond acceptors (Lipinski definition) is 3. The Morgan fingerprint density at radius 2 is 2.47 bits per heavy atom. The molecule has 78 valence electrons. The summed E-state index contributed by atoms with van der Waals surface area (Å²) in [6.07, 6.45) is 8.46. The third-order valence-electron chi connectivity index (χ3n) is 2.10. The van der Waals surface area contributed by atoms with Gasteiger partial charge in [0.2, 0.25) is 0 Å². The topological polar surface area (TPSA) is 56.2 Å². The van der Waals surface area contributed by atoms with E-state index in [1.54, 1.807) is 16.9 Å². The summed E-state index contributed by atoms with van der Waals surface area (Å²) in [6, 6.07) is 3.99. The largest absolute Gasteiger partial charge is 0.328 e. The summed E-state index contributed by atoms with van der Waals surface area (Å²) in [4.78, 5) is 4.23. The van der Waals surface area contributed by atoms with Crippen molar-refractivity contribution in [1.29, 1.82) is 0 Å². The van der Waals surface area contributed by atoms with Gasteiger partial charge >= 0.3 is 0 Å². The lowest BCUT2D eigenvalue weighted by Gasteiger charge is -1.97. The fraction of sp³-hybridized carbons (Fsp3) is 0.273. The minimum Gasteiger partial charge on any atom is -0.328 e. The number of fused-ring (bicyclic) bond motifs is 1. The van der Waals surface area contributed by atoms with Crippen molar-refractivity contribution in [2.24, 2.45) is 5.73 Å². The quantitative estimate of drug-likeness (QED) is 0.820. The van der Waals surface area contributed by atoms with Crippen LogP contribution < -0.4 is 5.73 Å². The third-order valence-corrected chi connectivity index (χ3v) is 2.10. The minimum atomic E-state index is 0.188. The molecule has 0 unspecified atom stereocenters. The number of rotatable bonds is 3. The Morgan fingerprint density at radius 1 is 1.60 bits per heavy atom. The maximum Gasteiger partial charge on any atom is 0.154 e. The fourth-order valence-corrected chi connectivity index (χ4v) is 1.36. The second-order valence-corrected chi connectivity index (χ2v) is 3.59. The van der Waals surface area contributed by atoms with Crippen LogP contribution in [0.3, 0.4) is 0 Å². The molecule has 0 aliphatic carbocycles. The Bertz CT molecular complexity index is 470. The van der Waals surface area contributed by atoms with Crippen LogP contribution in [-0.2, 0) is 0 Å². The molecule has 0 radical (unpaired) electrons. The van der Waals surface area contributed by atoms with Gasteiger partial charge in [0.15, 0.2) is 5.65 Å². The summed E-state index contributed by atoms with van der Waals surface area (Å²) in [5, 5.41) is 4.21. The van der Waals surface area contributed by atoms with Crippen molar-refractivity contribution in [2.45, 2.75) is 19.4 Å². The average molecular weight is 202 g/mol. The van der Waals surface area contributed by atoms with Crippen LogP contribution in [0.25, 0.3) is 11.7 Å². The summed E-state index contributed by atoms with van der Waals surface area (Å²) in [7, 11) is 0. The van der Waals surface area contributed by atoms with Crippen molar-refractivity contribution in [2.75, 3.05) is 0 Å². The van der Waals surface area contributed by atoms with Crippen LogP contribution in [0, 0.1) is 0 Å². The van der Waals surface area contributed by atoms with Gasteiger partial charge in [0.1, 0.15) is 0 Å². The van der Waals surface area contributed by atoms with E-state index in [0.717, 1.165) is 17.8 Å². The molecule has 4 nitrogen and oxygen atoms in total. The first kappa shape index (κ1) is 9.86. The van der Waals surface area contributed by atoms with E-state index in [9.17, 15) is 0 Å². The van der Waals surface area contributed by atoms with Crippen molar-refractivity contribution in [3.8, 4) is 0 Å². The van der Waals surface area contributed by atoms with Gasteiger partial charge in [-0.05, 0) is 31.6 Å². The third kappa shape index (κ3) is 2.22. The Balaban J connectivity index is 2.25. The molecular weight excluding hydrogens is 188 g/mol. The van der Waals surface area contributed by atoms with Crippen molar-refractivity contribution in [3.05, 3.63) is 36.3 Å². The summed E-state index contributed by atoms with van der Waals surface area (Å²) in [6.45, 7) is 1.98. The van der Waals surface area contributed by atoms with Crippen molar-refractivity contribution in [1.82, 2.24) is 14.6 Å². The maximum atomic E-state index is 5.66. The van der Waals surface area contributed by atoms with E-state index in [1.807, 2.05) is 31.2 Å². The van der Waals surface area contributed by atoms with Crippen LogP contribution in [0.5, 0.6) is 0 Å². The highest BCUT2D eigenvalue weighted by Crippen LogP contribution is 2.06. The molecule has 2 aromatic rings. The highest BCUT2D eigenvalue weighted by molar-refractivity contribution is 5.50. The first-order chi connectivity index (χ1) is 7.27. The van der Waals surface area contributed by atoms with E-state index in [2.05, 4.69) is 10.1 Å². The molecular formula is C11H14N4. The number of hydrogen-bond donors (Lipinski definition) is 1. The number of aromatic nitrogens is 3. The summed E-state index contributed by atoms with van der Waals surface area (Å²) >= 11 is 0. The number of nitrogens with zero attached hydrogens (tertiary/aromatic N) is 3. The second-order valence-electron chi connectivity index (χ2n) is 3.59. The lowest BCUT2D eigenvalue weighted by Crippen LogP contribution is -2.12. The van der Waals surface area contributed by atoms with E-state index < -0.39 is 0 Å². The van der Waals surface area contributed by atoms with Crippen molar-refractivity contribution in [3.63, 3.8) is 0 Å². The Labute approximate surface area is 88.4 Å². The van der Waals surface area contributed by atoms with Gasteiger partial charge < -0.3 is 5.73 Å². The molecule has 0 aliphatic heterocycles. The van der Waals surface area contributed by atoms with E-state index in [-0.39, 0.29) is 6.04 Å². The summed E-state index contributed by atoms with van der Waals surface area (Å²) in [5.41, 5.74) is 7.49. The molecule has 0 saturated carbocycles. The molecule has 2 rings (SSSR count). The zero-order valence-electron chi connectivity index (χ0n) is 8.67. The monoisotopic (exact) mass is 202 g/mol. The van der Waals surface area contributed by atoms with Crippen LogP contribution in [0.4, 0.5) is 0 Å². The van der Waals surface area contributed by atoms with Gasteiger partial charge in [0.05, 0.1) is 11.9 Å². The molecule has 0 saturated heterocycles. The Hall–Kier alpha value is -1.68. The Kier molecular flexibility index (Phi) is 2.78. The minimum absolute atomic E-state index is 0.188. The van der Waals surface area contributed by atoms with Gasteiger partial charge in [-0.1, -0.05) is 6.08 Å². The van der Waals surface area contributed by atoms with Crippen LogP contribution in [0.15, 0.2) is 30.6 Å². The molecule has 0 spiro atoms. The number of nitrogens with two attached hydrogens (primary N) is 1. The van der Waals surface area contributed by atoms with Crippen LogP contribution in [0.1, 0.15) is 19.0 Å². The van der Waals surface area contributed by atoms with Gasteiger partial charge in [-0.15, -0.1) is 0 Å². The van der Waals surface area contributed by atoms with Gasteiger partial charge in [-0.2, -0.15) is 5.10 Å². The first-order valence-electron chi connectivity index (χ1n) is 4.98. The molecule has 0 aliphatic rings. The highest BCUT2D eigenvalue weighted by atomic mass is 15.2. The second kappa shape index (κ2) is 4.23. The van der Waals surface area contributed by atoms with Crippen LogP contribution in [0.2, 0.25) is 0 Å². The highest BCUT2D eigenvalue weighted by Gasteiger charge is 1.98. The molecule has 2 heterocycles. The number of imidazole rings is 1. The SMILES string of the molecule is C[C@H](N)C/C=C/c1cnc2cccnn12. The lowest BCUT2D eigenvalue weighted by atomic mass is 10.2. The smallest absolute Gasteiger partial charge is 0.154 e. The van der Waals surface area contributed by atoms with Crippen molar-refractivity contribution < 1.29 is 0 Å². The molecule has 0 fully saturated rings. The molecule has 4 heteroatoms. The molecule has 2 aromatic heterocycles. The normalized spacial score (nSPS) is 13.7. The maximum absolute atomic E-state index is 5.66. The zero-order chi connectivity index (χ0) is 10.7. The average Bonchev–Trinajstić information content (AvgIpc) is 2.62. The predicted octanol–water partition coefficient (Wildman–Crippen LogP) is 1.48. The van der Waals surface area contributed by atoms with E-state index in [1.165, 1.54) is 0 Å². The van der Waals surface area contributed by atoms with Gasteiger partial charge in [0, 0.05) is 12.2 Å². The van der Waals surface area contributed by atoms with Gasteiger partial charge in [-0.25, -0.2) is 9.50 Å². The zero-order valence-corrected chi connectivity index (χ0v) is 8.67. The molecule has 2 N–H and O–H groups in total.